The quantitative estimate of drug-likeness (QED) is 0.260. The number of carbonyl (C=O) groups excluding carboxylic acids is 2. The van der Waals surface area contributed by atoms with Gasteiger partial charge in [-0.3, -0.25) is 0 Å². The highest BCUT2D eigenvalue weighted by Crippen LogP contribution is 2.46. The maximum atomic E-state index is 11.6. The summed E-state index contributed by atoms with van der Waals surface area (Å²) in [5.74, 6) is -0.751. The smallest absolute Gasteiger partial charge is 0.344 e. The first kappa shape index (κ1) is 14.0. The molecule has 2 fully saturated rings. The topological polar surface area (TPSA) is 77.3 Å². The second-order valence-electron chi connectivity index (χ2n) is 5.63. The third-order valence-electron chi connectivity index (χ3n) is 4.32. The lowest BCUT2D eigenvalue weighted by molar-refractivity contribution is -0.144. The van der Waals surface area contributed by atoms with Crippen LogP contribution in [0.1, 0.15) is 19.3 Å². The van der Waals surface area contributed by atoms with Crippen LogP contribution in [0, 0.1) is 11.8 Å². The first-order valence-corrected chi connectivity index (χ1v) is 7.14. The van der Waals surface area contributed by atoms with Crippen LogP contribution < -0.4 is 0 Å². The zero-order valence-corrected chi connectivity index (χ0v) is 12.1. The predicted octanol–water partition coefficient (Wildman–Crippen LogP) is 1.82. The van der Waals surface area contributed by atoms with Crippen molar-refractivity contribution in [3.8, 4) is 0 Å². The Kier molecular flexibility index (Phi) is 3.61. The Labute approximate surface area is 122 Å². The molecule has 0 amide bonds. The van der Waals surface area contributed by atoms with Crippen LogP contribution in [0.15, 0.2) is 33.5 Å². The fourth-order valence-corrected chi connectivity index (χ4v) is 3.02. The normalized spacial score (nSPS) is 31.8. The summed E-state index contributed by atoms with van der Waals surface area (Å²) in [6.45, 7) is 0. The van der Waals surface area contributed by atoms with Gasteiger partial charge in [0.05, 0.1) is 26.3 Å². The Morgan fingerprint density at radius 2 is 1.62 bits per heavy atom. The van der Waals surface area contributed by atoms with Crippen LogP contribution in [0.2, 0.25) is 0 Å². The van der Waals surface area contributed by atoms with Gasteiger partial charge in [-0.05, 0) is 36.7 Å². The summed E-state index contributed by atoms with van der Waals surface area (Å²) in [5, 5.41) is 8.46. The van der Waals surface area contributed by atoms with Gasteiger partial charge in [-0.25, -0.2) is 9.59 Å². The number of hydrogen-bond acceptors (Lipinski definition) is 6. The molecule has 2 bridgehead atoms. The van der Waals surface area contributed by atoms with Crippen LogP contribution in [0.25, 0.3) is 0 Å². The van der Waals surface area contributed by atoms with E-state index in [1.54, 1.807) is 6.08 Å². The molecule has 2 unspecified atom stereocenters. The number of rotatable bonds is 4. The van der Waals surface area contributed by atoms with E-state index in [4.69, 9.17) is 0 Å². The van der Waals surface area contributed by atoms with Gasteiger partial charge in [0.2, 0.25) is 0 Å². The van der Waals surface area contributed by atoms with E-state index in [2.05, 4.69) is 25.8 Å². The number of fused-ring (bicyclic) bond motifs is 2. The molecule has 0 aromatic heterocycles. The number of allylic oxidation sites excluding steroid dienone is 2. The van der Waals surface area contributed by atoms with E-state index in [0.29, 0.717) is 5.92 Å². The Bertz CT molecular complexity index is 530. The van der Waals surface area contributed by atoms with Crippen molar-refractivity contribution in [2.24, 2.45) is 22.1 Å². The molecule has 6 heteroatoms. The van der Waals surface area contributed by atoms with Crippen molar-refractivity contribution in [2.75, 3.05) is 14.2 Å². The van der Waals surface area contributed by atoms with Gasteiger partial charge in [0, 0.05) is 0 Å². The molecule has 1 aliphatic heterocycles. The fourth-order valence-electron chi connectivity index (χ4n) is 3.02. The van der Waals surface area contributed by atoms with Crippen LogP contribution in [0.4, 0.5) is 0 Å². The first-order valence-electron chi connectivity index (χ1n) is 7.14. The lowest BCUT2D eigenvalue weighted by Crippen LogP contribution is -2.16. The van der Waals surface area contributed by atoms with Crippen molar-refractivity contribution in [2.45, 2.75) is 31.3 Å². The number of hydrogen-bond donors (Lipinski definition) is 0. The minimum Gasteiger partial charge on any atom is -0.465 e. The third kappa shape index (κ3) is 2.62. The monoisotopic (exact) mass is 290 g/mol. The largest absolute Gasteiger partial charge is 0.465 e. The van der Waals surface area contributed by atoms with Crippen molar-refractivity contribution in [1.29, 1.82) is 0 Å². The zero-order valence-electron chi connectivity index (χ0n) is 12.1. The number of ether oxygens (including phenoxy) is 2. The molecule has 6 nitrogen and oxygen atoms in total. The molecular formula is C15H18N2O4. The van der Waals surface area contributed by atoms with Crippen LogP contribution in [-0.2, 0) is 19.1 Å². The van der Waals surface area contributed by atoms with E-state index >= 15 is 0 Å². The predicted molar refractivity (Wildman–Crippen MR) is 73.5 cm³/mol. The molecule has 0 aromatic rings. The van der Waals surface area contributed by atoms with Gasteiger partial charge in [-0.1, -0.05) is 12.2 Å². The zero-order chi connectivity index (χ0) is 15.0. The van der Waals surface area contributed by atoms with Gasteiger partial charge in [0.15, 0.2) is 0 Å². The highest BCUT2D eigenvalue weighted by molar-refractivity contribution is 6.14. The maximum absolute atomic E-state index is 11.6. The molecule has 3 rings (SSSR count). The van der Waals surface area contributed by atoms with Gasteiger partial charge >= 0.3 is 11.9 Å². The molecule has 112 valence electrons. The Morgan fingerprint density at radius 1 is 1.05 bits per heavy atom. The van der Waals surface area contributed by atoms with Gasteiger partial charge in [0.25, 0.3) is 0 Å². The average Bonchev–Trinajstić information content (AvgIpc) is 3.00. The second kappa shape index (κ2) is 5.42. The minimum absolute atomic E-state index is 0.0188. The molecule has 0 saturated heterocycles. The molecule has 3 aliphatic rings. The Morgan fingerprint density at radius 3 is 2.10 bits per heavy atom. The standard InChI is InChI=1S/C15H18N2O4/c1-20-14(18)11(15(19)21-2)7-9-5-8(9)6-10-12-3-4-13(10)17-16-12/h6-9,12-13H,3-5H2,1-2H3/t8-,9+,12?,13?/m1/s1. The minimum atomic E-state index is -0.647. The van der Waals surface area contributed by atoms with Crippen LogP contribution in [0.3, 0.4) is 0 Å². The van der Waals surface area contributed by atoms with Gasteiger partial charge in [-0.2, -0.15) is 10.2 Å². The Balaban J connectivity index is 1.69. The third-order valence-corrected chi connectivity index (χ3v) is 4.32. The summed E-state index contributed by atoms with van der Waals surface area (Å²) in [5.41, 5.74) is 1.29. The van der Waals surface area contributed by atoms with Crippen molar-refractivity contribution in [3.05, 3.63) is 23.3 Å². The number of methoxy groups -OCH3 is 2. The highest BCUT2D eigenvalue weighted by Gasteiger charge is 2.41. The second-order valence-corrected chi connectivity index (χ2v) is 5.63. The van der Waals surface area contributed by atoms with Gasteiger partial charge < -0.3 is 9.47 Å². The van der Waals surface area contributed by atoms with E-state index in [0.717, 1.165) is 19.3 Å². The number of azo groups is 1. The Hall–Kier alpha value is -1.98. The summed E-state index contributed by atoms with van der Waals surface area (Å²) in [7, 11) is 2.51. The number of carbonyl (C=O) groups is 2. The molecular weight excluding hydrogens is 272 g/mol. The maximum Gasteiger partial charge on any atom is 0.344 e. The molecule has 4 atom stereocenters. The van der Waals surface area contributed by atoms with E-state index in [-0.39, 0.29) is 23.6 Å². The van der Waals surface area contributed by atoms with Crippen molar-refractivity contribution in [1.82, 2.24) is 0 Å². The van der Waals surface area contributed by atoms with Crippen LogP contribution in [0.5, 0.6) is 0 Å². The van der Waals surface area contributed by atoms with Crippen LogP contribution in [-0.4, -0.2) is 38.2 Å². The van der Waals surface area contributed by atoms with E-state index < -0.39 is 11.9 Å². The SMILES string of the molecule is COC(=O)C(=C[C@@H]1C[C@@H]1C=C1C2CCC1N=N2)C(=O)OC. The number of esters is 2. The summed E-state index contributed by atoms with van der Waals surface area (Å²) in [6.07, 6.45) is 7.01. The number of nitrogens with zero attached hydrogens (tertiary/aromatic N) is 2. The molecule has 0 aromatic carbocycles. The molecule has 21 heavy (non-hydrogen) atoms. The fraction of sp³-hybridized carbons (Fsp3) is 0.600. The van der Waals surface area contributed by atoms with E-state index in [9.17, 15) is 9.59 Å². The molecule has 0 N–H and O–H groups in total. The van der Waals surface area contributed by atoms with Crippen molar-refractivity contribution >= 4 is 11.9 Å². The first-order chi connectivity index (χ1) is 10.1. The molecule has 1 heterocycles. The molecule has 2 aliphatic carbocycles. The van der Waals surface area contributed by atoms with E-state index in [1.807, 2.05) is 0 Å². The molecule has 0 radical (unpaired) electrons. The van der Waals surface area contributed by atoms with Crippen molar-refractivity contribution in [3.63, 3.8) is 0 Å². The highest BCUT2D eigenvalue weighted by atomic mass is 16.5. The van der Waals surface area contributed by atoms with E-state index in [1.165, 1.54) is 19.8 Å². The summed E-state index contributed by atoms with van der Waals surface area (Å²) < 4.78 is 9.25. The molecule has 0 spiro atoms. The lowest BCUT2D eigenvalue weighted by atomic mass is 10.1. The average molecular weight is 290 g/mol. The summed E-state index contributed by atoms with van der Waals surface area (Å²) >= 11 is 0. The molecule has 2 saturated carbocycles. The van der Waals surface area contributed by atoms with Gasteiger partial charge in [-0.15, -0.1) is 0 Å². The summed E-state index contributed by atoms with van der Waals surface area (Å²) in [4.78, 5) is 23.2. The summed E-state index contributed by atoms with van der Waals surface area (Å²) in [6, 6.07) is 0.529. The van der Waals surface area contributed by atoms with Gasteiger partial charge in [0.1, 0.15) is 5.57 Å². The lowest BCUT2D eigenvalue weighted by Gasteiger charge is -2.03. The van der Waals surface area contributed by atoms with Crippen molar-refractivity contribution < 1.29 is 19.1 Å². The van der Waals surface area contributed by atoms with Crippen LogP contribution >= 0.6 is 0 Å².